The summed E-state index contributed by atoms with van der Waals surface area (Å²) in [6.07, 6.45) is 1.25. The summed E-state index contributed by atoms with van der Waals surface area (Å²) in [5.74, 6) is -2.39. The summed E-state index contributed by atoms with van der Waals surface area (Å²) < 4.78 is 53.4. The molecule has 20 heavy (non-hydrogen) atoms. The average Bonchev–Trinajstić information content (AvgIpc) is 2.38. The molecule has 1 fully saturated rings. The van der Waals surface area contributed by atoms with Gasteiger partial charge in [-0.25, -0.2) is 17.2 Å². The first-order chi connectivity index (χ1) is 9.37. The largest absolute Gasteiger partial charge is 0.396 e. The lowest BCUT2D eigenvalue weighted by molar-refractivity contribution is 0.139. The van der Waals surface area contributed by atoms with Gasteiger partial charge < -0.3 is 5.11 Å². The lowest BCUT2D eigenvalue weighted by atomic mass is 9.96. The van der Waals surface area contributed by atoms with Crippen LogP contribution in [0.1, 0.15) is 19.8 Å². The van der Waals surface area contributed by atoms with Gasteiger partial charge in [0.05, 0.1) is 0 Å². The average molecular weight is 305 g/mol. The first-order valence-corrected chi connectivity index (χ1v) is 7.88. The highest BCUT2D eigenvalue weighted by atomic mass is 32.2. The van der Waals surface area contributed by atoms with Crippen LogP contribution in [-0.2, 0) is 10.0 Å². The van der Waals surface area contributed by atoms with Gasteiger partial charge in [0.25, 0.3) is 0 Å². The lowest BCUT2D eigenvalue weighted by Gasteiger charge is -2.36. The van der Waals surface area contributed by atoms with E-state index in [0.29, 0.717) is 12.8 Å². The Bertz CT molecular complexity index is 571. The van der Waals surface area contributed by atoms with Gasteiger partial charge in [-0.3, -0.25) is 0 Å². The SMILES string of the molecule is CC1CCC(CO)CN1S(=O)(=O)c1c(F)cccc1F. The van der Waals surface area contributed by atoms with Gasteiger partial charge in [-0.15, -0.1) is 0 Å². The molecule has 0 aromatic heterocycles. The van der Waals surface area contributed by atoms with Crippen molar-refractivity contribution >= 4 is 10.0 Å². The van der Waals surface area contributed by atoms with Crippen LogP contribution in [0.3, 0.4) is 0 Å². The predicted molar refractivity (Wildman–Crippen MR) is 69.5 cm³/mol. The Hall–Kier alpha value is -1.05. The second kappa shape index (κ2) is 5.75. The van der Waals surface area contributed by atoms with Crippen LogP contribution >= 0.6 is 0 Å². The quantitative estimate of drug-likeness (QED) is 0.925. The second-order valence-electron chi connectivity index (χ2n) is 5.10. The molecule has 4 nitrogen and oxygen atoms in total. The van der Waals surface area contributed by atoms with E-state index in [1.807, 2.05) is 0 Å². The number of hydrogen-bond donors (Lipinski definition) is 1. The molecular formula is C13H17F2NO3S. The van der Waals surface area contributed by atoms with Crippen LogP contribution < -0.4 is 0 Å². The molecule has 2 atom stereocenters. The lowest BCUT2D eigenvalue weighted by Crippen LogP contribution is -2.46. The fourth-order valence-electron chi connectivity index (χ4n) is 2.48. The van der Waals surface area contributed by atoms with E-state index in [0.717, 1.165) is 22.5 Å². The molecule has 1 saturated heterocycles. The Morgan fingerprint density at radius 2 is 1.90 bits per heavy atom. The number of rotatable bonds is 3. The van der Waals surface area contributed by atoms with E-state index in [4.69, 9.17) is 0 Å². The molecule has 0 spiro atoms. The molecule has 0 bridgehead atoms. The van der Waals surface area contributed by atoms with Crippen LogP contribution in [-0.4, -0.2) is 37.0 Å². The van der Waals surface area contributed by atoms with E-state index >= 15 is 0 Å². The number of aliphatic hydroxyl groups excluding tert-OH is 1. The maximum atomic E-state index is 13.7. The molecular weight excluding hydrogens is 288 g/mol. The minimum atomic E-state index is -4.24. The molecule has 7 heteroatoms. The molecule has 112 valence electrons. The minimum Gasteiger partial charge on any atom is -0.396 e. The third kappa shape index (κ3) is 2.70. The number of benzene rings is 1. The molecule has 2 unspecified atom stereocenters. The van der Waals surface area contributed by atoms with Crippen molar-refractivity contribution in [1.29, 1.82) is 0 Å². The van der Waals surface area contributed by atoms with Crippen LogP contribution in [0.25, 0.3) is 0 Å². The Kier molecular flexibility index (Phi) is 4.41. The van der Waals surface area contributed by atoms with Gasteiger partial charge in [0.1, 0.15) is 11.6 Å². The summed E-state index contributed by atoms with van der Waals surface area (Å²) in [5, 5.41) is 9.17. The molecule has 1 aliphatic rings. The Morgan fingerprint density at radius 3 is 2.45 bits per heavy atom. The number of aliphatic hydroxyl groups is 1. The van der Waals surface area contributed by atoms with Crippen molar-refractivity contribution in [3.05, 3.63) is 29.8 Å². The number of piperidine rings is 1. The topological polar surface area (TPSA) is 57.6 Å². The van der Waals surface area contributed by atoms with E-state index in [2.05, 4.69) is 0 Å². The highest BCUT2D eigenvalue weighted by Gasteiger charge is 2.37. The molecule has 1 aliphatic heterocycles. The Balaban J connectivity index is 2.43. The number of sulfonamides is 1. The van der Waals surface area contributed by atoms with E-state index in [9.17, 15) is 22.3 Å². The van der Waals surface area contributed by atoms with Crippen molar-refractivity contribution in [2.75, 3.05) is 13.2 Å². The van der Waals surface area contributed by atoms with Gasteiger partial charge in [0, 0.05) is 19.2 Å². The molecule has 1 aromatic rings. The van der Waals surface area contributed by atoms with Crippen molar-refractivity contribution in [1.82, 2.24) is 4.31 Å². The second-order valence-corrected chi connectivity index (χ2v) is 6.93. The normalized spacial score (nSPS) is 24.8. The zero-order valence-electron chi connectivity index (χ0n) is 11.1. The maximum Gasteiger partial charge on any atom is 0.249 e. The molecule has 2 rings (SSSR count). The molecule has 0 aliphatic carbocycles. The monoisotopic (exact) mass is 305 g/mol. The van der Waals surface area contributed by atoms with E-state index in [-0.39, 0.29) is 25.1 Å². The van der Waals surface area contributed by atoms with Crippen molar-refractivity contribution in [2.45, 2.75) is 30.7 Å². The number of hydrogen-bond acceptors (Lipinski definition) is 3. The fraction of sp³-hybridized carbons (Fsp3) is 0.538. The van der Waals surface area contributed by atoms with Gasteiger partial charge in [-0.2, -0.15) is 4.31 Å². The molecule has 1 heterocycles. The smallest absolute Gasteiger partial charge is 0.249 e. The highest BCUT2D eigenvalue weighted by molar-refractivity contribution is 7.89. The molecule has 0 amide bonds. The van der Waals surface area contributed by atoms with Crippen LogP contribution in [0.2, 0.25) is 0 Å². The summed E-state index contributed by atoms with van der Waals surface area (Å²) in [4.78, 5) is -0.912. The summed E-state index contributed by atoms with van der Waals surface area (Å²) in [7, 11) is -4.24. The van der Waals surface area contributed by atoms with Gasteiger partial charge in [-0.1, -0.05) is 6.07 Å². The predicted octanol–water partition coefficient (Wildman–Crippen LogP) is 1.75. The summed E-state index contributed by atoms with van der Waals surface area (Å²) >= 11 is 0. The van der Waals surface area contributed by atoms with Gasteiger partial charge in [-0.05, 0) is 37.8 Å². The molecule has 0 radical (unpaired) electrons. The maximum absolute atomic E-state index is 13.7. The highest BCUT2D eigenvalue weighted by Crippen LogP contribution is 2.30. The van der Waals surface area contributed by atoms with Crippen molar-refractivity contribution in [3.63, 3.8) is 0 Å². The molecule has 0 saturated carbocycles. The van der Waals surface area contributed by atoms with Crippen molar-refractivity contribution in [3.8, 4) is 0 Å². The number of halogens is 2. The van der Waals surface area contributed by atoms with Crippen molar-refractivity contribution in [2.24, 2.45) is 5.92 Å². The van der Waals surface area contributed by atoms with Crippen LogP contribution in [0.15, 0.2) is 23.1 Å². The van der Waals surface area contributed by atoms with E-state index in [1.54, 1.807) is 6.92 Å². The van der Waals surface area contributed by atoms with Gasteiger partial charge in [0.2, 0.25) is 10.0 Å². The fourth-order valence-corrected chi connectivity index (χ4v) is 4.33. The number of nitrogens with zero attached hydrogens (tertiary/aromatic N) is 1. The van der Waals surface area contributed by atoms with Gasteiger partial charge >= 0.3 is 0 Å². The molecule has 1 N–H and O–H groups in total. The third-order valence-corrected chi connectivity index (χ3v) is 5.70. The van der Waals surface area contributed by atoms with Crippen LogP contribution in [0.4, 0.5) is 8.78 Å². The molecule has 1 aromatic carbocycles. The summed E-state index contributed by atoms with van der Waals surface area (Å²) in [6.45, 7) is 1.64. The third-order valence-electron chi connectivity index (χ3n) is 3.67. The zero-order valence-corrected chi connectivity index (χ0v) is 11.9. The first-order valence-electron chi connectivity index (χ1n) is 6.44. The van der Waals surface area contributed by atoms with Crippen LogP contribution in [0, 0.1) is 17.6 Å². The standard InChI is InChI=1S/C13H17F2NO3S/c1-9-5-6-10(8-17)7-16(9)20(18,19)13-11(14)3-2-4-12(13)15/h2-4,9-10,17H,5-8H2,1H3. The summed E-state index contributed by atoms with van der Waals surface area (Å²) in [5.41, 5.74) is 0. The summed E-state index contributed by atoms with van der Waals surface area (Å²) in [6, 6.07) is 2.63. The minimum absolute atomic E-state index is 0.0772. The Labute approximate surface area is 117 Å². The van der Waals surface area contributed by atoms with E-state index in [1.165, 1.54) is 0 Å². The van der Waals surface area contributed by atoms with Crippen LogP contribution in [0.5, 0.6) is 0 Å². The first kappa shape index (κ1) is 15.3. The van der Waals surface area contributed by atoms with Gasteiger partial charge in [0.15, 0.2) is 4.90 Å². The Morgan fingerprint density at radius 1 is 1.30 bits per heavy atom. The van der Waals surface area contributed by atoms with E-state index < -0.39 is 26.6 Å². The van der Waals surface area contributed by atoms with Crippen molar-refractivity contribution < 1.29 is 22.3 Å². The zero-order chi connectivity index (χ0) is 14.9.